The van der Waals surface area contributed by atoms with E-state index >= 15 is 0 Å². The number of hydrogen-bond donors (Lipinski definition) is 0. The van der Waals surface area contributed by atoms with Crippen molar-refractivity contribution in [1.82, 2.24) is 0 Å². The quantitative estimate of drug-likeness (QED) is 0.573. The third-order valence-electron chi connectivity index (χ3n) is 3.45. The van der Waals surface area contributed by atoms with Crippen LogP contribution in [0.15, 0.2) is 24.3 Å². The molecule has 0 heterocycles. The molecule has 1 aliphatic carbocycles. The SMILES string of the molecule is COc1ccc(C2CCCCC(Br)C2)cc1. The Kier molecular flexibility index (Phi) is 4.28. The maximum atomic E-state index is 5.19. The summed E-state index contributed by atoms with van der Waals surface area (Å²) >= 11 is 3.78. The van der Waals surface area contributed by atoms with Crippen molar-refractivity contribution in [3.05, 3.63) is 29.8 Å². The lowest BCUT2D eigenvalue weighted by Crippen LogP contribution is -2.03. The number of alkyl halides is 1. The van der Waals surface area contributed by atoms with Gasteiger partial charge in [-0.05, 0) is 42.9 Å². The maximum absolute atomic E-state index is 5.19. The van der Waals surface area contributed by atoms with Gasteiger partial charge in [-0.15, -0.1) is 0 Å². The van der Waals surface area contributed by atoms with Crippen LogP contribution in [0.1, 0.15) is 43.6 Å². The van der Waals surface area contributed by atoms with E-state index in [9.17, 15) is 0 Å². The Labute approximate surface area is 106 Å². The van der Waals surface area contributed by atoms with Crippen LogP contribution in [0.25, 0.3) is 0 Å². The van der Waals surface area contributed by atoms with Gasteiger partial charge in [0.15, 0.2) is 0 Å². The Morgan fingerprint density at radius 3 is 2.50 bits per heavy atom. The van der Waals surface area contributed by atoms with Crippen LogP contribution in [0.2, 0.25) is 0 Å². The van der Waals surface area contributed by atoms with E-state index in [1.165, 1.54) is 37.7 Å². The summed E-state index contributed by atoms with van der Waals surface area (Å²) in [5.41, 5.74) is 1.46. The van der Waals surface area contributed by atoms with Crippen molar-refractivity contribution in [1.29, 1.82) is 0 Å². The average Bonchev–Trinajstić information content (AvgIpc) is 2.54. The molecule has 2 rings (SSSR count). The summed E-state index contributed by atoms with van der Waals surface area (Å²) in [7, 11) is 1.72. The fourth-order valence-electron chi connectivity index (χ4n) is 2.48. The maximum Gasteiger partial charge on any atom is 0.118 e. The van der Waals surface area contributed by atoms with Crippen LogP contribution in [-0.2, 0) is 0 Å². The molecular formula is C14H19BrO. The highest BCUT2D eigenvalue weighted by molar-refractivity contribution is 9.09. The minimum absolute atomic E-state index is 0.696. The first-order chi connectivity index (χ1) is 7.79. The minimum Gasteiger partial charge on any atom is -0.497 e. The van der Waals surface area contributed by atoms with Gasteiger partial charge >= 0.3 is 0 Å². The minimum atomic E-state index is 0.696. The van der Waals surface area contributed by atoms with Crippen molar-refractivity contribution < 1.29 is 4.74 Å². The average molecular weight is 283 g/mol. The molecule has 1 saturated carbocycles. The van der Waals surface area contributed by atoms with Crippen molar-refractivity contribution in [3.63, 3.8) is 0 Å². The summed E-state index contributed by atoms with van der Waals surface area (Å²) in [6.45, 7) is 0. The molecule has 1 aromatic rings. The third-order valence-corrected chi connectivity index (χ3v) is 4.28. The summed E-state index contributed by atoms with van der Waals surface area (Å²) in [5, 5.41) is 0. The molecule has 2 unspecified atom stereocenters. The van der Waals surface area contributed by atoms with Gasteiger partial charge in [0, 0.05) is 4.83 Å². The number of rotatable bonds is 2. The molecule has 0 saturated heterocycles. The van der Waals surface area contributed by atoms with Crippen molar-refractivity contribution >= 4 is 15.9 Å². The topological polar surface area (TPSA) is 9.23 Å². The molecule has 1 aromatic carbocycles. The van der Waals surface area contributed by atoms with Crippen LogP contribution in [0.3, 0.4) is 0 Å². The summed E-state index contributed by atoms with van der Waals surface area (Å²) in [6.07, 6.45) is 6.65. The Morgan fingerprint density at radius 1 is 1.12 bits per heavy atom. The predicted octanol–water partition coefficient (Wildman–Crippen LogP) is 4.51. The van der Waals surface area contributed by atoms with Crippen LogP contribution in [-0.4, -0.2) is 11.9 Å². The summed E-state index contributed by atoms with van der Waals surface area (Å²) in [5.74, 6) is 1.67. The van der Waals surface area contributed by atoms with Gasteiger partial charge in [-0.2, -0.15) is 0 Å². The second-order valence-corrected chi connectivity index (χ2v) is 5.88. The van der Waals surface area contributed by atoms with E-state index < -0.39 is 0 Å². The lowest BCUT2D eigenvalue weighted by atomic mass is 9.92. The first-order valence-corrected chi connectivity index (χ1v) is 6.99. The third kappa shape index (κ3) is 3.00. The van der Waals surface area contributed by atoms with E-state index in [1.54, 1.807) is 7.11 Å². The van der Waals surface area contributed by atoms with Crippen LogP contribution in [0.5, 0.6) is 5.75 Å². The van der Waals surface area contributed by atoms with Crippen molar-refractivity contribution in [2.24, 2.45) is 0 Å². The summed E-state index contributed by atoms with van der Waals surface area (Å²) in [6, 6.07) is 8.58. The first kappa shape index (κ1) is 12.0. The standard InChI is InChI=1S/C14H19BrO/c1-16-14-8-6-11(7-9-14)12-4-2-3-5-13(15)10-12/h6-9,12-13H,2-5,10H2,1H3. The molecular weight excluding hydrogens is 264 g/mol. The Morgan fingerprint density at radius 2 is 1.81 bits per heavy atom. The van der Waals surface area contributed by atoms with Gasteiger partial charge in [0.1, 0.15) is 5.75 Å². The molecule has 0 N–H and O–H groups in total. The number of hydrogen-bond acceptors (Lipinski definition) is 1. The van der Waals surface area contributed by atoms with E-state index in [-0.39, 0.29) is 0 Å². The number of ether oxygens (including phenoxy) is 1. The molecule has 16 heavy (non-hydrogen) atoms. The molecule has 0 radical (unpaired) electrons. The second-order valence-electron chi connectivity index (χ2n) is 4.59. The lowest BCUT2D eigenvalue weighted by Gasteiger charge is -2.16. The fourth-order valence-corrected chi connectivity index (χ4v) is 3.25. The molecule has 0 spiro atoms. The Bertz CT molecular complexity index is 320. The smallest absolute Gasteiger partial charge is 0.118 e. The van der Waals surface area contributed by atoms with Crippen LogP contribution >= 0.6 is 15.9 Å². The molecule has 1 fully saturated rings. The predicted molar refractivity (Wildman–Crippen MR) is 71.5 cm³/mol. The van der Waals surface area contributed by atoms with E-state index in [2.05, 4.69) is 40.2 Å². The van der Waals surface area contributed by atoms with Crippen molar-refractivity contribution in [3.8, 4) is 5.75 Å². The monoisotopic (exact) mass is 282 g/mol. The molecule has 0 bridgehead atoms. The van der Waals surface area contributed by atoms with E-state index in [0.717, 1.165) is 11.7 Å². The Balaban J connectivity index is 2.09. The van der Waals surface area contributed by atoms with E-state index in [4.69, 9.17) is 4.74 Å². The zero-order valence-corrected chi connectivity index (χ0v) is 11.4. The zero-order chi connectivity index (χ0) is 11.4. The number of halogens is 1. The molecule has 1 nitrogen and oxygen atoms in total. The van der Waals surface area contributed by atoms with Gasteiger partial charge in [0.2, 0.25) is 0 Å². The molecule has 0 aromatic heterocycles. The Hall–Kier alpha value is -0.500. The summed E-state index contributed by atoms with van der Waals surface area (Å²) in [4.78, 5) is 0.696. The van der Waals surface area contributed by atoms with Crippen LogP contribution < -0.4 is 4.74 Å². The molecule has 0 aliphatic heterocycles. The normalized spacial score (nSPS) is 26.1. The molecule has 2 atom stereocenters. The number of methoxy groups -OCH3 is 1. The lowest BCUT2D eigenvalue weighted by molar-refractivity contribution is 0.414. The highest BCUT2D eigenvalue weighted by atomic mass is 79.9. The molecule has 2 heteroatoms. The van der Waals surface area contributed by atoms with Gasteiger partial charge in [-0.25, -0.2) is 0 Å². The van der Waals surface area contributed by atoms with Gasteiger partial charge < -0.3 is 4.74 Å². The molecule has 1 aliphatic rings. The van der Waals surface area contributed by atoms with Gasteiger partial charge in [-0.1, -0.05) is 40.9 Å². The second kappa shape index (κ2) is 5.72. The highest BCUT2D eigenvalue weighted by Gasteiger charge is 2.19. The number of benzene rings is 1. The highest BCUT2D eigenvalue weighted by Crippen LogP contribution is 2.35. The van der Waals surface area contributed by atoms with Crippen LogP contribution in [0, 0.1) is 0 Å². The zero-order valence-electron chi connectivity index (χ0n) is 9.79. The van der Waals surface area contributed by atoms with E-state index in [1.807, 2.05) is 0 Å². The largest absolute Gasteiger partial charge is 0.497 e. The molecule has 88 valence electrons. The van der Waals surface area contributed by atoms with Crippen LogP contribution in [0.4, 0.5) is 0 Å². The van der Waals surface area contributed by atoms with Gasteiger partial charge in [0.25, 0.3) is 0 Å². The van der Waals surface area contributed by atoms with Gasteiger partial charge in [0.05, 0.1) is 7.11 Å². The van der Waals surface area contributed by atoms with Crippen molar-refractivity contribution in [2.45, 2.75) is 42.8 Å². The molecule has 0 amide bonds. The fraction of sp³-hybridized carbons (Fsp3) is 0.571. The van der Waals surface area contributed by atoms with Crippen molar-refractivity contribution in [2.75, 3.05) is 7.11 Å². The van der Waals surface area contributed by atoms with E-state index in [0.29, 0.717) is 4.83 Å². The van der Waals surface area contributed by atoms with Gasteiger partial charge in [-0.3, -0.25) is 0 Å². The first-order valence-electron chi connectivity index (χ1n) is 6.07. The summed E-state index contributed by atoms with van der Waals surface area (Å²) < 4.78 is 5.19.